The second-order valence-corrected chi connectivity index (χ2v) is 6.03. The van der Waals surface area contributed by atoms with E-state index in [-0.39, 0.29) is 23.6 Å². The van der Waals surface area contributed by atoms with E-state index in [0.29, 0.717) is 10.6 Å². The first-order chi connectivity index (χ1) is 10.7. The molecule has 1 unspecified atom stereocenters. The van der Waals surface area contributed by atoms with Crippen molar-refractivity contribution in [3.8, 4) is 0 Å². The number of piperidine rings is 1. The topological polar surface area (TPSA) is 83.4 Å². The zero-order valence-electron chi connectivity index (χ0n) is 11.9. The van der Waals surface area contributed by atoms with Crippen LogP contribution in [-0.2, 0) is 0 Å². The van der Waals surface area contributed by atoms with E-state index in [4.69, 9.17) is 4.42 Å². The Balaban J connectivity index is 1.66. The van der Waals surface area contributed by atoms with Crippen LogP contribution in [0.25, 0.3) is 0 Å². The van der Waals surface area contributed by atoms with Crippen molar-refractivity contribution in [1.82, 2.24) is 10.6 Å². The molecule has 116 valence electrons. The molecular formula is C15H17N3O3S. The monoisotopic (exact) mass is 319 g/mol. The van der Waals surface area contributed by atoms with Crippen LogP contribution in [-0.4, -0.2) is 30.9 Å². The molecule has 22 heavy (non-hydrogen) atoms. The third kappa shape index (κ3) is 3.37. The van der Waals surface area contributed by atoms with Gasteiger partial charge in [-0.1, -0.05) is 0 Å². The molecule has 1 aliphatic rings. The molecule has 0 aliphatic carbocycles. The molecule has 3 N–H and O–H groups in total. The largest absolute Gasteiger partial charge is 0.459 e. The molecule has 0 radical (unpaired) electrons. The minimum absolute atomic E-state index is 0.134. The van der Waals surface area contributed by atoms with Crippen LogP contribution in [0.2, 0.25) is 0 Å². The van der Waals surface area contributed by atoms with Crippen LogP contribution in [0.1, 0.15) is 33.8 Å². The van der Waals surface area contributed by atoms with Crippen LogP contribution >= 0.6 is 11.3 Å². The molecule has 2 aromatic heterocycles. The van der Waals surface area contributed by atoms with Gasteiger partial charge in [-0.2, -0.15) is 0 Å². The maximum absolute atomic E-state index is 12.4. The van der Waals surface area contributed by atoms with Crippen LogP contribution in [0.3, 0.4) is 0 Å². The summed E-state index contributed by atoms with van der Waals surface area (Å²) in [4.78, 5) is 24.4. The Hall–Kier alpha value is -2.12. The van der Waals surface area contributed by atoms with Gasteiger partial charge in [-0.3, -0.25) is 9.59 Å². The van der Waals surface area contributed by atoms with Crippen molar-refractivity contribution in [2.24, 2.45) is 0 Å². The van der Waals surface area contributed by atoms with E-state index in [1.165, 1.54) is 17.6 Å². The molecule has 2 aromatic rings. The number of rotatable bonds is 4. The number of carbonyl (C=O) groups excluding carboxylic acids is 2. The number of carbonyl (C=O) groups is 2. The van der Waals surface area contributed by atoms with Crippen LogP contribution in [0, 0.1) is 0 Å². The molecule has 0 aromatic carbocycles. The number of hydrogen-bond donors (Lipinski definition) is 3. The molecular weight excluding hydrogens is 302 g/mol. The van der Waals surface area contributed by atoms with E-state index in [0.717, 1.165) is 25.9 Å². The van der Waals surface area contributed by atoms with Crippen molar-refractivity contribution in [2.45, 2.75) is 18.9 Å². The van der Waals surface area contributed by atoms with Gasteiger partial charge in [-0.15, -0.1) is 11.3 Å². The smallest absolute Gasteiger partial charge is 0.291 e. The lowest BCUT2D eigenvalue weighted by Crippen LogP contribution is -2.45. The number of amides is 2. The lowest BCUT2D eigenvalue weighted by Gasteiger charge is -2.23. The van der Waals surface area contributed by atoms with Crippen LogP contribution in [0.5, 0.6) is 0 Å². The van der Waals surface area contributed by atoms with Gasteiger partial charge in [-0.05, 0) is 43.0 Å². The number of thiophene rings is 1. The zero-order valence-corrected chi connectivity index (χ0v) is 12.7. The van der Waals surface area contributed by atoms with E-state index in [1.54, 1.807) is 23.6 Å². The van der Waals surface area contributed by atoms with Gasteiger partial charge >= 0.3 is 0 Å². The fourth-order valence-corrected chi connectivity index (χ4v) is 3.18. The highest BCUT2D eigenvalue weighted by molar-refractivity contribution is 7.14. The summed E-state index contributed by atoms with van der Waals surface area (Å²) in [6.07, 6.45) is 3.46. The molecule has 3 heterocycles. The number of furan rings is 1. The SMILES string of the molecule is O=C(Nc1sccc1C(=O)NC1CCCNC1)c1ccco1. The number of anilines is 1. The van der Waals surface area contributed by atoms with Gasteiger partial charge in [-0.25, -0.2) is 0 Å². The Morgan fingerprint density at radius 3 is 2.95 bits per heavy atom. The molecule has 1 fully saturated rings. The predicted molar refractivity (Wildman–Crippen MR) is 84.3 cm³/mol. The van der Waals surface area contributed by atoms with Crippen LogP contribution < -0.4 is 16.0 Å². The minimum atomic E-state index is -0.360. The van der Waals surface area contributed by atoms with E-state index in [1.807, 2.05) is 0 Å². The summed E-state index contributed by atoms with van der Waals surface area (Å²) in [6.45, 7) is 1.78. The van der Waals surface area contributed by atoms with Gasteiger partial charge in [0.2, 0.25) is 0 Å². The molecule has 3 rings (SSSR count). The molecule has 0 bridgehead atoms. The van der Waals surface area contributed by atoms with Gasteiger partial charge in [0.1, 0.15) is 5.00 Å². The quantitative estimate of drug-likeness (QED) is 0.805. The van der Waals surface area contributed by atoms with Gasteiger partial charge in [0, 0.05) is 12.6 Å². The molecule has 1 saturated heterocycles. The highest BCUT2D eigenvalue weighted by atomic mass is 32.1. The van der Waals surface area contributed by atoms with Crippen molar-refractivity contribution < 1.29 is 14.0 Å². The maximum Gasteiger partial charge on any atom is 0.291 e. The van der Waals surface area contributed by atoms with Crippen molar-refractivity contribution in [2.75, 3.05) is 18.4 Å². The van der Waals surface area contributed by atoms with Crippen molar-refractivity contribution in [3.05, 3.63) is 41.2 Å². The Morgan fingerprint density at radius 2 is 2.23 bits per heavy atom. The normalized spacial score (nSPS) is 17.9. The average Bonchev–Trinajstić information content (AvgIpc) is 3.19. The predicted octanol–water partition coefficient (Wildman–Crippen LogP) is 2.08. The molecule has 7 heteroatoms. The summed E-state index contributed by atoms with van der Waals surface area (Å²) in [7, 11) is 0. The highest BCUT2D eigenvalue weighted by Gasteiger charge is 2.20. The van der Waals surface area contributed by atoms with E-state index in [9.17, 15) is 9.59 Å². The summed E-state index contributed by atoms with van der Waals surface area (Å²) in [6, 6.07) is 5.08. The van der Waals surface area contributed by atoms with Crippen molar-refractivity contribution in [3.63, 3.8) is 0 Å². The van der Waals surface area contributed by atoms with E-state index < -0.39 is 0 Å². The first-order valence-corrected chi connectivity index (χ1v) is 8.06. The molecule has 6 nitrogen and oxygen atoms in total. The lowest BCUT2D eigenvalue weighted by molar-refractivity contribution is 0.0932. The second-order valence-electron chi connectivity index (χ2n) is 5.11. The summed E-state index contributed by atoms with van der Waals surface area (Å²) in [5, 5.41) is 11.3. The zero-order chi connectivity index (χ0) is 15.4. The summed E-state index contributed by atoms with van der Waals surface area (Å²) in [5.41, 5.74) is 0.482. The van der Waals surface area contributed by atoms with Gasteiger partial charge in [0.15, 0.2) is 5.76 Å². The summed E-state index contributed by atoms with van der Waals surface area (Å²) < 4.78 is 5.05. The third-order valence-corrected chi connectivity index (χ3v) is 4.34. The van der Waals surface area contributed by atoms with Gasteiger partial charge in [0.25, 0.3) is 11.8 Å². The van der Waals surface area contributed by atoms with Crippen LogP contribution in [0.15, 0.2) is 34.3 Å². The Labute approximate surface area is 131 Å². The Morgan fingerprint density at radius 1 is 1.32 bits per heavy atom. The lowest BCUT2D eigenvalue weighted by atomic mass is 10.1. The molecule has 0 spiro atoms. The average molecular weight is 319 g/mol. The first kappa shape index (κ1) is 14.8. The molecule has 0 saturated carbocycles. The summed E-state index contributed by atoms with van der Waals surface area (Å²) >= 11 is 1.32. The minimum Gasteiger partial charge on any atom is -0.459 e. The standard InChI is InChI=1S/C15H17N3O3S/c19-13(17-10-3-1-6-16-9-10)11-5-8-22-15(11)18-14(20)12-4-2-7-21-12/h2,4-5,7-8,10,16H,1,3,6,9H2,(H,17,19)(H,18,20). The van der Waals surface area contributed by atoms with Crippen molar-refractivity contribution >= 4 is 28.2 Å². The van der Waals surface area contributed by atoms with E-state index in [2.05, 4.69) is 16.0 Å². The number of nitrogens with one attached hydrogen (secondary N) is 3. The first-order valence-electron chi connectivity index (χ1n) is 7.18. The fraction of sp³-hybridized carbons (Fsp3) is 0.333. The Kier molecular flexibility index (Phi) is 4.55. The summed E-state index contributed by atoms with van der Waals surface area (Å²) in [5.74, 6) is -0.304. The van der Waals surface area contributed by atoms with Gasteiger partial charge in [0.05, 0.1) is 11.8 Å². The molecule has 1 aliphatic heterocycles. The van der Waals surface area contributed by atoms with Crippen LogP contribution in [0.4, 0.5) is 5.00 Å². The third-order valence-electron chi connectivity index (χ3n) is 3.51. The fourth-order valence-electron chi connectivity index (χ4n) is 2.40. The highest BCUT2D eigenvalue weighted by Crippen LogP contribution is 2.24. The maximum atomic E-state index is 12.4. The van der Waals surface area contributed by atoms with Crippen molar-refractivity contribution in [1.29, 1.82) is 0 Å². The number of hydrogen-bond acceptors (Lipinski definition) is 5. The molecule has 2 amide bonds. The van der Waals surface area contributed by atoms with Gasteiger partial charge < -0.3 is 20.4 Å². The second kappa shape index (κ2) is 6.76. The van der Waals surface area contributed by atoms with E-state index >= 15 is 0 Å². The molecule has 1 atom stereocenters. The Bertz CT molecular complexity index is 645.